The van der Waals surface area contributed by atoms with Crippen LogP contribution in [0.25, 0.3) is 0 Å². The Bertz CT molecular complexity index is 647. The Balaban J connectivity index is 0.00000364. The van der Waals surface area contributed by atoms with Crippen molar-refractivity contribution in [2.45, 2.75) is 26.2 Å². The highest BCUT2D eigenvalue weighted by Gasteiger charge is 2.23. The van der Waals surface area contributed by atoms with Gasteiger partial charge in [0.15, 0.2) is 11.5 Å². The van der Waals surface area contributed by atoms with Crippen molar-refractivity contribution >= 4 is 30.0 Å². The summed E-state index contributed by atoms with van der Waals surface area (Å²) in [6.07, 6.45) is 2.59. The summed E-state index contributed by atoms with van der Waals surface area (Å²) in [5, 5.41) is 6.20. The van der Waals surface area contributed by atoms with Gasteiger partial charge in [-0.3, -0.25) is 4.79 Å². The Morgan fingerprint density at radius 2 is 1.85 bits per heavy atom. The van der Waals surface area contributed by atoms with Crippen molar-refractivity contribution in [3.05, 3.63) is 17.7 Å². The van der Waals surface area contributed by atoms with Gasteiger partial charge in [0.05, 0.1) is 32.6 Å². The van der Waals surface area contributed by atoms with Crippen LogP contribution in [0.4, 0.5) is 5.69 Å². The Morgan fingerprint density at radius 1 is 1.19 bits per heavy atom. The molecule has 0 aromatic heterocycles. The smallest absolute Gasteiger partial charge is 0.338 e. The number of piperidine rings is 1. The van der Waals surface area contributed by atoms with Gasteiger partial charge in [-0.2, -0.15) is 0 Å². The van der Waals surface area contributed by atoms with Crippen molar-refractivity contribution in [2.75, 3.05) is 39.7 Å². The van der Waals surface area contributed by atoms with Crippen molar-refractivity contribution < 1.29 is 23.8 Å². The standard InChI is InChI=1S/C19H28N2O5.ClH/c1-12(13-5-7-20-8-6-13)9-17(22)21-15-10-14(19(23)26-4)11-16(24-2)18(15)25-3;/h10-13,20H,5-9H2,1-4H3,(H,21,22);1H. The van der Waals surface area contributed by atoms with E-state index in [1.54, 1.807) is 6.07 Å². The number of esters is 1. The maximum Gasteiger partial charge on any atom is 0.338 e. The third-order valence-electron chi connectivity index (χ3n) is 4.87. The molecule has 1 saturated heterocycles. The predicted octanol–water partition coefficient (Wildman–Crippen LogP) is 2.88. The van der Waals surface area contributed by atoms with Gasteiger partial charge < -0.3 is 24.8 Å². The first-order chi connectivity index (χ1) is 12.5. The number of methoxy groups -OCH3 is 3. The van der Waals surface area contributed by atoms with E-state index in [0.29, 0.717) is 29.5 Å². The van der Waals surface area contributed by atoms with E-state index in [0.717, 1.165) is 25.9 Å². The van der Waals surface area contributed by atoms with Gasteiger partial charge in [-0.15, -0.1) is 12.4 Å². The number of amides is 1. The first-order valence-electron chi connectivity index (χ1n) is 8.85. The number of hydrogen-bond acceptors (Lipinski definition) is 6. The molecule has 2 rings (SSSR count). The number of anilines is 1. The van der Waals surface area contributed by atoms with Gasteiger partial charge in [0, 0.05) is 6.42 Å². The third kappa shape index (κ3) is 6.01. The molecule has 0 aliphatic carbocycles. The van der Waals surface area contributed by atoms with Crippen LogP contribution in [0, 0.1) is 11.8 Å². The number of nitrogens with one attached hydrogen (secondary N) is 2. The van der Waals surface area contributed by atoms with Crippen molar-refractivity contribution in [1.29, 1.82) is 0 Å². The SMILES string of the molecule is COC(=O)c1cc(NC(=O)CC(C)C2CCNCC2)c(OC)c(OC)c1.Cl. The lowest BCUT2D eigenvalue weighted by Crippen LogP contribution is -2.32. The molecule has 1 fully saturated rings. The average Bonchev–Trinajstić information content (AvgIpc) is 2.67. The molecule has 0 saturated carbocycles. The summed E-state index contributed by atoms with van der Waals surface area (Å²) in [6, 6.07) is 3.07. The summed E-state index contributed by atoms with van der Waals surface area (Å²) >= 11 is 0. The van der Waals surface area contributed by atoms with Crippen LogP contribution in [0.5, 0.6) is 11.5 Å². The molecular formula is C19H29ClN2O5. The highest BCUT2D eigenvalue weighted by atomic mass is 35.5. The fourth-order valence-corrected chi connectivity index (χ4v) is 3.37. The molecule has 1 unspecified atom stereocenters. The van der Waals surface area contributed by atoms with Crippen LogP contribution in [0.2, 0.25) is 0 Å². The van der Waals surface area contributed by atoms with Crippen LogP contribution >= 0.6 is 12.4 Å². The lowest BCUT2D eigenvalue weighted by Gasteiger charge is -2.28. The predicted molar refractivity (Wildman–Crippen MR) is 106 cm³/mol. The molecule has 1 heterocycles. The molecule has 1 aromatic rings. The number of ether oxygens (including phenoxy) is 3. The highest BCUT2D eigenvalue weighted by Crippen LogP contribution is 2.37. The zero-order valence-electron chi connectivity index (χ0n) is 16.3. The average molecular weight is 401 g/mol. The quantitative estimate of drug-likeness (QED) is 0.684. The molecule has 27 heavy (non-hydrogen) atoms. The minimum Gasteiger partial charge on any atom is -0.493 e. The second-order valence-electron chi connectivity index (χ2n) is 6.57. The first-order valence-corrected chi connectivity index (χ1v) is 8.85. The van der Waals surface area contributed by atoms with E-state index in [9.17, 15) is 9.59 Å². The molecule has 2 N–H and O–H groups in total. The molecule has 152 valence electrons. The van der Waals surface area contributed by atoms with Crippen LogP contribution in [0.1, 0.15) is 36.5 Å². The van der Waals surface area contributed by atoms with Gasteiger partial charge in [-0.1, -0.05) is 6.92 Å². The van der Waals surface area contributed by atoms with E-state index >= 15 is 0 Å². The fraction of sp³-hybridized carbons (Fsp3) is 0.579. The van der Waals surface area contributed by atoms with Crippen LogP contribution in [-0.4, -0.2) is 46.3 Å². The summed E-state index contributed by atoms with van der Waals surface area (Å²) in [7, 11) is 4.27. The number of benzene rings is 1. The zero-order chi connectivity index (χ0) is 19.1. The van der Waals surface area contributed by atoms with Crippen molar-refractivity contribution in [3.63, 3.8) is 0 Å². The molecule has 1 aliphatic rings. The summed E-state index contributed by atoms with van der Waals surface area (Å²) in [5.41, 5.74) is 0.682. The summed E-state index contributed by atoms with van der Waals surface area (Å²) in [4.78, 5) is 24.4. The summed E-state index contributed by atoms with van der Waals surface area (Å²) in [5.74, 6) is 0.941. The molecule has 7 nitrogen and oxygen atoms in total. The third-order valence-corrected chi connectivity index (χ3v) is 4.87. The minimum absolute atomic E-state index is 0. The normalized spacial score (nSPS) is 15.3. The monoisotopic (exact) mass is 400 g/mol. The maximum absolute atomic E-state index is 12.5. The molecule has 0 radical (unpaired) electrons. The van der Waals surface area contributed by atoms with E-state index in [2.05, 4.69) is 17.6 Å². The number of carbonyl (C=O) groups excluding carboxylic acids is 2. The van der Waals surface area contributed by atoms with Gasteiger partial charge >= 0.3 is 5.97 Å². The molecule has 8 heteroatoms. The minimum atomic E-state index is -0.510. The second-order valence-corrected chi connectivity index (χ2v) is 6.57. The highest BCUT2D eigenvalue weighted by molar-refractivity contribution is 5.97. The number of halogens is 1. The van der Waals surface area contributed by atoms with Gasteiger partial charge in [0.2, 0.25) is 5.91 Å². The first kappa shape index (κ1) is 23.0. The van der Waals surface area contributed by atoms with Gasteiger partial charge in [-0.05, 0) is 49.9 Å². The van der Waals surface area contributed by atoms with Crippen LogP contribution in [0.15, 0.2) is 12.1 Å². The Labute approximate surface area is 166 Å². The van der Waals surface area contributed by atoms with E-state index in [-0.39, 0.29) is 29.8 Å². The van der Waals surface area contributed by atoms with Crippen LogP contribution in [-0.2, 0) is 9.53 Å². The van der Waals surface area contributed by atoms with Gasteiger partial charge in [0.1, 0.15) is 0 Å². The fourth-order valence-electron chi connectivity index (χ4n) is 3.37. The van der Waals surface area contributed by atoms with Crippen molar-refractivity contribution in [2.24, 2.45) is 11.8 Å². The van der Waals surface area contributed by atoms with Crippen molar-refractivity contribution in [3.8, 4) is 11.5 Å². The molecular weight excluding hydrogens is 372 g/mol. The van der Waals surface area contributed by atoms with E-state index < -0.39 is 5.97 Å². The number of hydrogen-bond donors (Lipinski definition) is 2. The van der Waals surface area contributed by atoms with E-state index in [1.807, 2.05) is 0 Å². The van der Waals surface area contributed by atoms with Crippen molar-refractivity contribution in [1.82, 2.24) is 5.32 Å². The Morgan fingerprint density at radius 3 is 2.41 bits per heavy atom. The summed E-state index contributed by atoms with van der Waals surface area (Å²) < 4.78 is 15.4. The molecule has 1 aromatic carbocycles. The lowest BCUT2D eigenvalue weighted by atomic mass is 9.84. The maximum atomic E-state index is 12.5. The van der Waals surface area contributed by atoms with E-state index in [4.69, 9.17) is 14.2 Å². The zero-order valence-corrected chi connectivity index (χ0v) is 17.1. The van der Waals surface area contributed by atoms with Crippen LogP contribution in [0.3, 0.4) is 0 Å². The second kappa shape index (κ2) is 11.0. The molecule has 0 spiro atoms. The lowest BCUT2D eigenvalue weighted by molar-refractivity contribution is -0.117. The topological polar surface area (TPSA) is 85.9 Å². The van der Waals surface area contributed by atoms with Crippen LogP contribution < -0.4 is 20.1 Å². The van der Waals surface area contributed by atoms with E-state index in [1.165, 1.54) is 27.4 Å². The Kier molecular flexibility index (Phi) is 9.38. The molecule has 1 aliphatic heterocycles. The Hall–Kier alpha value is -1.99. The number of rotatable bonds is 7. The largest absolute Gasteiger partial charge is 0.493 e. The molecule has 1 atom stereocenters. The van der Waals surface area contributed by atoms with Gasteiger partial charge in [-0.25, -0.2) is 4.79 Å². The molecule has 0 bridgehead atoms. The summed E-state index contributed by atoms with van der Waals surface area (Å²) in [6.45, 7) is 4.11. The molecule has 1 amide bonds. The van der Waals surface area contributed by atoms with Gasteiger partial charge in [0.25, 0.3) is 0 Å². The number of carbonyl (C=O) groups is 2.